The predicted molar refractivity (Wildman–Crippen MR) is 60.0 cm³/mol. The third kappa shape index (κ3) is 2.19. The molecular formula is C11H16N4O. The highest BCUT2D eigenvalue weighted by Gasteiger charge is 2.27. The first-order chi connectivity index (χ1) is 7.68. The molecule has 5 nitrogen and oxygen atoms in total. The van der Waals surface area contributed by atoms with Crippen LogP contribution in [0.15, 0.2) is 18.5 Å². The molecule has 0 radical (unpaired) electrons. The maximum atomic E-state index is 12.2. The Labute approximate surface area is 94.9 Å². The lowest BCUT2D eigenvalue weighted by molar-refractivity contribution is 0.0615. The molecule has 0 aromatic carbocycles. The fourth-order valence-electron chi connectivity index (χ4n) is 1.89. The monoisotopic (exact) mass is 220 g/mol. The maximum absolute atomic E-state index is 12.2. The molecule has 1 amide bonds. The Bertz CT molecular complexity index is 368. The van der Waals surface area contributed by atoms with E-state index in [1.807, 2.05) is 11.8 Å². The highest BCUT2D eigenvalue weighted by molar-refractivity contribution is 5.94. The standard InChI is InChI=1S/C11H16N4O/c1-8-7-15(9(2)5-12-8)11(16)10-3-4-13-14-6-10/h3-4,6,8-9,12H,5,7H2,1-2H3. The van der Waals surface area contributed by atoms with Gasteiger partial charge in [0.25, 0.3) is 5.91 Å². The SMILES string of the molecule is CC1CN(C(=O)c2ccnnc2)C(C)CN1. The van der Waals surface area contributed by atoms with Gasteiger partial charge in [-0.1, -0.05) is 0 Å². The van der Waals surface area contributed by atoms with E-state index >= 15 is 0 Å². The molecule has 1 N–H and O–H groups in total. The molecule has 0 bridgehead atoms. The van der Waals surface area contributed by atoms with Crippen LogP contribution in [0.4, 0.5) is 0 Å². The normalized spacial score (nSPS) is 25.5. The number of nitrogens with one attached hydrogen (secondary N) is 1. The number of nitrogens with zero attached hydrogens (tertiary/aromatic N) is 3. The Morgan fingerprint density at radius 3 is 3.00 bits per heavy atom. The van der Waals surface area contributed by atoms with Crippen LogP contribution < -0.4 is 5.32 Å². The highest BCUT2D eigenvalue weighted by atomic mass is 16.2. The lowest BCUT2D eigenvalue weighted by Gasteiger charge is -2.37. The van der Waals surface area contributed by atoms with Gasteiger partial charge in [-0.25, -0.2) is 0 Å². The van der Waals surface area contributed by atoms with Gasteiger partial charge >= 0.3 is 0 Å². The summed E-state index contributed by atoms with van der Waals surface area (Å²) in [5, 5.41) is 10.8. The van der Waals surface area contributed by atoms with E-state index < -0.39 is 0 Å². The van der Waals surface area contributed by atoms with Crippen molar-refractivity contribution < 1.29 is 4.79 Å². The van der Waals surface area contributed by atoms with E-state index in [2.05, 4.69) is 22.4 Å². The second-order valence-corrected chi connectivity index (χ2v) is 4.25. The number of amides is 1. The van der Waals surface area contributed by atoms with Gasteiger partial charge in [-0.3, -0.25) is 4.79 Å². The van der Waals surface area contributed by atoms with Crippen LogP contribution in [-0.2, 0) is 0 Å². The molecule has 0 aliphatic carbocycles. The summed E-state index contributed by atoms with van der Waals surface area (Å²) in [6.45, 7) is 5.70. The third-order valence-electron chi connectivity index (χ3n) is 2.86. The zero-order valence-corrected chi connectivity index (χ0v) is 9.55. The Hall–Kier alpha value is -1.49. The zero-order chi connectivity index (χ0) is 11.5. The van der Waals surface area contributed by atoms with Crippen molar-refractivity contribution in [2.75, 3.05) is 13.1 Å². The number of hydrogen-bond donors (Lipinski definition) is 1. The molecule has 2 rings (SSSR count). The first-order valence-corrected chi connectivity index (χ1v) is 5.49. The number of carbonyl (C=O) groups excluding carboxylic acids is 1. The van der Waals surface area contributed by atoms with Crippen molar-refractivity contribution in [3.8, 4) is 0 Å². The molecule has 1 aliphatic heterocycles. The fraction of sp³-hybridized carbons (Fsp3) is 0.545. The zero-order valence-electron chi connectivity index (χ0n) is 9.55. The molecule has 1 aliphatic rings. The van der Waals surface area contributed by atoms with Crippen LogP contribution in [0.5, 0.6) is 0 Å². The first-order valence-electron chi connectivity index (χ1n) is 5.49. The lowest BCUT2D eigenvalue weighted by atomic mass is 10.1. The van der Waals surface area contributed by atoms with Gasteiger partial charge < -0.3 is 10.2 Å². The van der Waals surface area contributed by atoms with E-state index in [0.29, 0.717) is 11.6 Å². The van der Waals surface area contributed by atoms with Gasteiger partial charge in [0.05, 0.1) is 18.0 Å². The lowest BCUT2D eigenvalue weighted by Crippen LogP contribution is -2.56. The molecule has 86 valence electrons. The van der Waals surface area contributed by atoms with Crippen LogP contribution in [0.1, 0.15) is 24.2 Å². The summed E-state index contributed by atoms with van der Waals surface area (Å²) in [6, 6.07) is 2.26. The van der Waals surface area contributed by atoms with Crippen molar-refractivity contribution in [2.45, 2.75) is 25.9 Å². The van der Waals surface area contributed by atoms with Crippen LogP contribution in [0.25, 0.3) is 0 Å². The molecule has 1 aromatic rings. The Kier molecular flexibility index (Phi) is 3.14. The summed E-state index contributed by atoms with van der Waals surface area (Å²) in [5.74, 6) is 0.0377. The van der Waals surface area contributed by atoms with E-state index in [4.69, 9.17) is 0 Å². The Morgan fingerprint density at radius 2 is 2.31 bits per heavy atom. The first kappa shape index (κ1) is 11.0. The predicted octanol–water partition coefficient (Wildman–Crippen LogP) is 0.299. The highest BCUT2D eigenvalue weighted by Crippen LogP contribution is 2.11. The second-order valence-electron chi connectivity index (χ2n) is 4.25. The van der Waals surface area contributed by atoms with Crippen LogP contribution >= 0.6 is 0 Å². The maximum Gasteiger partial charge on any atom is 0.255 e. The molecule has 5 heteroatoms. The molecule has 1 aromatic heterocycles. The van der Waals surface area contributed by atoms with Crippen molar-refractivity contribution in [2.24, 2.45) is 0 Å². The quantitative estimate of drug-likeness (QED) is 0.739. The van der Waals surface area contributed by atoms with Crippen molar-refractivity contribution in [1.82, 2.24) is 20.4 Å². The molecule has 1 fully saturated rings. The van der Waals surface area contributed by atoms with Gasteiger partial charge in [-0.05, 0) is 19.9 Å². The van der Waals surface area contributed by atoms with Gasteiger partial charge in [0.1, 0.15) is 0 Å². The number of aromatic nitrogens is 2. The summed E-state index contributed by atoms with van der Waals surface area (Å²) in [4.78, 5) is 14.1. The van der Waals surface area contributed by atoms with Gasteiger partial charge in [0.2, 0.25) is 0 Å². The average Bonchev–Trinajstić information content (AvgIpc) is 2.32. The summed E-state index contributed by atoms with van der Waals surface area (Å²) < 4.78 is 0. The number of rotatable bonds is 1. The van der Waals surface area contributed by atoms with Crippen LogP contribution in [0.3, 0.4) is 0 Å². The third-order valence-corrected chi connectivity index (χ3v) is 2.86. The molecule has 2 atom stereocenters. The van der Waals surface area contributed by atoms with E-state index in [1.165, 1.54) is 6.20 Å². The van der Waals surface area contributed by atoms with Gasteiger partial charge in [0, 0.05) is 25.2 Å². The molecular weight excluding hydrogens is 204 g/mol. The number of piperazine rings is 1. The number of hydrogen-bond acceptors (Lipinski definition) is 4. The molecule has 1 saturated heterocycles. The number of carbonyl (C=O) groups is 1. The van der Waals surface area contributed by atoms with Gasteiger partial charge in [-0.2, -0.15) is 10.2 Å². The fourth-order valence-corrected chi connectivity index (χ4v) is 1.89. The van der Waals surface area contributed by atoms with E-state index in [9.17, 15) is 4.79 Å². The van der Waals surface area contributed by atoms with E-state index in [-0.39, 0.29) is 11.9 Å². The minimum atomic E-state index is 0.0377. The summed E-state index contributed by atoms with van der Waals surface area (Å²) in [5.41, 5.74) is 0.607. The van der Waals surface area contributed by atoms with Crippen molar-refractivity contribution in [3.05, 3.63) is 24.0 Å². The topological polar surface area (TPSA) is 58.1 Å². The van der Waals surface area contributed by atoms with Crippen LogP contribution in [0.2, 0.25) is 0 Å². The molecule has 0 saturated carbocycles. The summed E-state index contributed by atoms with van der Waals surface area (Å²) in [7, 11) is 0. The van der Waals surface area contributed by atoms with Crippen LogP contribution in [0, 0.1) is 0 Å². The van der Waals surface area contributed by atoms with Crippen LogP contribution in [-0.4, -0.2) is 46.2 Å². The van der Waals surface area contributed by atoms with Gasteiger partial charge in [0.15, 0.2) is 0 Å². The summed E-state index contributed by atoms with van der Waals surface area (Å²) >= 11 is 0. The molecule has 0 spiro atoms. The van der Waals surface area contributed by atoms with E-state index in [0.717, 1.165) is 13.1 Å². The molecule has 16 heavy (non-hydrogen) atoms. The van der Waals surface area contributed by atoms with Crippen molar-refractivity contribution in [1.29, 1.82) is 0 Å². The Morgan fingerprint density at radius 1 is 1.50 bits per heavy atom. The molecule has 2 heterocycles. The van der Waals surface area contributed by atoms with Gasteiger partial charge in [-0.15, -0.1) is 0 Å². The Balaban J connectivity index is 2.15. The smallest absolute Gasteiger partial charge is 0.255 e. The average molecular weight is 220 g/mol. The minimum Gasteiger partial charge on any atom is -0.333 e. The van der Waals surface area contributed by atoms with E-state index in [1.54, 1.807) is 12.3 Å². The largest absolute Gasteiger partial charge is 0.333 e. The second kappa shape index (κ2) is 4.57. The molecule has 2 unspecified atom stereocenters. The van der Waals surface area contributed by atoms with Crippen molar-refractivity contribution >= 4 is 5.91 Å². The summed E-state index contributed by atoms with van der Waals surface area (Å²) in [6.07, 6.45) is 3.06. The minimum absolute atomic E-state index is 0.0377. The van der Waals surface area contributed by atoms with Crippen molar-refractivity contribution in [3.63, 3.8) is 0 Å².